The number of halogens is 3. The van der Waals surface area contributed by atoms with E-state index in [4.69, 9.17) is 0 Å². The summed E-state index contributed by atoms with van der Waals surface area (Å²) < 4.78 is 42.4. The number of hydrazine groups is 1. The van der Waals surface area contributed by atoms with Gasteiger partial charge in [0.05, 0.1) is 5.69 Å². The molecule has 7 heteroatoms. The molecule has 1 saturated heterocycles. The Morgan fingerprint density at radius 2 is 1.82 bits per heavy atom. The number of carbonyl (C=O) groups is 1. The quantitative estimate of drug-likeness (QED) is 0.359. The maximum atomic E-state index is 14.7. The van der Waals surface area contributed by atoms with Gasteiger partial charge in [-0.05, 0) is 78.9 Å². The van der Waals surface area contributed by atoms with Crippen molar-refractivity contribution in [2.45, 2.75) is 109 Å². The van der Waals surface area contributed by atoms with Crippen LogP contribution in [0.3, 0.4) is 0 Å². The van der Waals surface area contributed by atoms with Gasteiger partial charge in [0.1, 0.15) is 11.9 Å². The summed E-state index contributed by atoms with van der Waals surface area (Å²) in [6.07, 6.45) is 8.41. The number of piperidine rings is 1. The van der Waals surface area contributed by atoms with Crippen LogP contribution in [0.5, 0.6) is 0 Å². The maximum absolute atomic E-state index is 14.7. The molecule has 0 radical (unpaired) electrons. The Morgan fingerprint density at radius 1 is 1.15 bits per heavy atom. The molecular formula is C32H44F3N3O. The van der Waals surface area contributed by atoms with Crippen LogP contribution in [0.1, 0.15) is 84.6 Å². The normalized spacial score (nSPS) is 25.3. The van der Waals surface area contributed by atoms with Crippen molar-refractivity contribution < 1.29 is 18.0 Å². The number of nitrogens with zero attached hydrogens (tertiary/aromatic N) is 2. The van der Waals surface area contributed by atoms with E-state index in [1.165, 1.54) is 11.6 Å². The second-order valence-electron chi connectivity index (χ2n) is 12.5. The van der Waals surface area contributed by atoms with Gasteiger partial charge in [-0.1, -0.05) is 52.3 Å². The molecule has 4 nitrogen and oxygen atoms in total. The lowest BCUT2D eigenvalue weighted by molar-refractivity contribution is -0.124. The molecule has 1 aromatic carbocycles. The van der Waals surface area contributed by atoms with Crippen molar-refractivity contribution in [1.29, 1.82) is 0 Å². The molecular weight excluding hydrogens is 499 g/mol. The van der Waals surface area contributed by atoms with E-state index in [2.05, 4.69) is 49.8 Å². The van der Waals surface area contributed by atoms with Gasteiger partial charge < -0.3 is 5.32 Å². The Kier molecular flexibility index (Phi) is 8.99. The van der Waals surface area contributed by atoms with Gasteiger partial charge in [-0.2, -0.15) is 0 Å². The van der Waals surface area contributed by atoms with Gasteiger partial charge in [0.2, 0.25) is 11.8 Å². The highest BCUT2D eigenvalue weighted by atomic mass is 19.3. The van der Waals surface area contributed by atoms with E-state index in [1.807, 2.05) is 30.1 Å². The maximum Gasteiger partial charge on any atom is 0.248 e. The third-order valence-corrected chi connectivity index (χ3v) is 8.48. The number of allylic oxidation sites excluding steroid dienone is 3. The number of anilines is 1. The minimum atomic E-state index is -2.68. The van der Waals surface area contributed by atoms with Crippen LogP contribution in [0.2, 0.25) is 0 Å². The summed E-state index contributed by atoms with van der Waals surface area (Å²) in [5.74, 6) is -3.36. The van der Waals surface area contributed by atoms with Crippen LogP contribution >= 0.6 is 0 Å². The molecule has 0 aromatic heterocycles. The minimum Gasteiger partial charge on any atom is -0.351 e. The summed E-state index contributed by atoms with van der Waals surface area (Å²) in [5, 5.41) is 7.33. The van der Waals surface area contributed by atoms with Crippen LogP contribution < -0.4 is 10.3 Å². The molecule has 1 N–H and O–H groups in total. The Morgan fingerprint density at radius 3 is 2.44 bits per heavy atom. The summed E-state index contributed by atoms with van der Waals surface area (Å²) in [4.78, 5) is 14.2. The Labute approximate surface area is 232 Å². The van der Waals surface area contributed by atoms with Crippen molar-refractivity contribution in [3.63, 3.8) is 0 Å². The van der Waals surface area contributed by atoms with Crippen LogP contribution in [0.15, 0.2) is 60.5 Å². The summed E-state index contributed by atoms with van der Waals surface area (Å²) in [7, 11) is 0. The monoisotopic (exact) mass is 543 g/mol. The number of carbonyl (C=O) groups excluding carboxylic acids is 1. The summed E-state index contributed by atoms with van der Waals surface area (Å²) in [6, 6.07) is 7.13. The van der Waals surface area contributed by atoms with Gasteiger partial charge in [0.15, 0.2) is 0 Å². The molecule has 214 valence electrons. The molecule has 3 aliphatic rings. The van der Waals surface area contributed by atoms with E-state index in [0.717, 1.165) is 31.5 Å². The smallest absolute Gasteiger partial charge is 0.248 e. The summed E-state index contributed by atoms with van der Waals surface area (Å²) >= 11 is 0. The number of hydrogen-bond acceptors (Lipinski definition) is 3. The van der Waals surface area contributed by atoms with Crippen molar-refractivity contribution in [1.82, 2.24) is 10.3 Å². The van der Waals surface area contributed by atoms with Crippen molar-refractivity contribution in [2.24, 2.45) is 5.92 Å². The molecule has 0 spiro atoms. The molecule has 1 aromatic rings. The van der Waals surface area contributed by atoms with Gasteiger partial charge in [0, 0.05) is 31.5 Å². The molecule has 39 heavy (non-hydrogen) atoms. The standard InChI is InChI=1S/C32H44F3N3O/c1-6-26-9-7-8-20-37(26)38(27-14-11-23(12-15-27)31(3,4)5)29(28-21-24(33)13-10-22(28)2)30(39)36-25-16-18-32(34,35)19-17-25/h6,11-15,21-22,25-26,29H,1,7-10,16-20H2,2-5H3,(H,36,39)/t22?,26-,29?/m0/s1. The fourth-order valence-electron chi connectivity index (χ4n) is 6.01. The van der Waals surface area contributed by atoms with Crippen molar-refractivity contribution in [3.05, 3.63) is 66.0 Å². The van der Waals surface area contributed by atoms with Gasteiger partial charge in [0.25, 0.3) is 0 Å². The van der Waals surface area contributed by atoms with Crippen molar-refractivity contribution >= 4 is 11.6 Å². The zero-order valence-electron chi connectivity index (χ0n) is 23.9. The highest BCUT2D eigenvalue weighted by molar-refractivity contribution is 5.89. The van der Waals surface area contributed by atoms with E-state index < -0.39 is 12.0 Å². The molecule has 2 fully saturated rings. The van der Waals surface area contributed by atoms with E-state index in [0.29, 0.717) is 12.0 Å². The van der Waals surface area contributed by atoms with E-state index in [1.54, 1.807) is 6.08 Å². The first-order valence-corrected chi connectivity index (χ1v) is 14.4. The molecule has 2 aliphatic carbocycles. The lowest BCUT2D eigenvalue weighted by Crippen LogP contribution is -2.61. The summed E-state index contributed by atoms with van der Waals surface area (Å²) in [6.45, 7) is 13.3. The predicted octanol–water partition coefficient (Wildman–Crippen LogP) is 7.63. The first-order valence-electron chi connectivity index (χ1n) is 14.4. The number of benzene rings is 1. The molecule has 1 saturated carbocycles. The predicted molar refractivity (Wildman–Crippen MR) is 152 cm³/mol. The third kappa shape index (κ3) is 6.97. The van der Waals surface area contributed by atoms with Crippen molar-refractivity contribution in [3.8, 4) is 0 Å². The highest BCUT2D eigenvalue weighted by Crippen LogP contribution is 2.37. The SMILES string of the molecule is C=C[C@H]1CCCCN1N(c1ccc(C(C)(C)C)cc1)C(C(=O)NC1CCC(F)(F)CC1)C1=CC(F)=CCC1C. The van der Waals surface area contributed by atoms with Crippen LogP contribution in [-0.4, -0.2) is 41.5 Å². The third-order valence-electron chi connectivity index (χ3n) is 8.48. The number of amides is 1. The molecule has 4 rings (SSSR count). The molecule has 3 atom stereocenters. The highest BCUT2D eigenvalue weighted by Gasteiger charge is 2.41. The lowest BCUT2D eigenvalue weighted by Gasteiger charge is -2.48. The number of hydrogen-bond donors (Lipinski definition) is 1. The van der Waals surface area contributed by atoms with Crippen LogP contribution in [0, 0.1) is 5.92 Å². The van der Waals surface area contributed by atoms with E-state index in [9.17, 15) is 18.0 Å². The van der Waals surface area contributed by atoms with Crippen LogP contribution in [-0.2, 0) is 10.2 Å². The molecule has 1 aliphatic heterocycles. The average Bonchev–Trinajstić information content (AvgIpc) is 2.89. The van der Waals surface area contributed by atoms with Gasteiger partial charge in [-0.25, -0.2) is 18.2 Å². The van der Waals surface area contributed by atoms with Crippen LogP contribution in [0.4, 0.5) is 18.9 Å². The lowest BCUT2D eigenvalue weighted by atomic mass is 9.85. The first kappa shape index (κ1) is 29.4. The Hall–Kier alpha value is -2.54. The van der Waals surface area contributed by atoms with Crippen molar-refractivity contribution in [2.75, 3.05) is 11.6 Å². The Balaban J connectivity index is 1.78. The number of rotatable bonds is 7. The fourth-order valence-corrected chi connectivity index (χ4v) is 6.01. The van der Waals surface area contributed by atoms with Gasteiger partial charge in [-0.3, -0.25) is 9.80 Å². The Bertz CT molecular complexity index is 1080. The fraction of sp³-hybridized carbons (Fsp3) is 0.594. The average molecular weight is 544 g/mol. The first-order chi connectivity index (χ1) is 18.4. The van der Waals surface area contributed by atoms with Gasteiger partial charge in [-0.15, -0.1) is 6.58 Å². The van der Waals surface area contributed by atoms with Gasteiger partial charge >= 0.3 is 0 Å². The molecule has 0 bridgehead atoms. The molecule has 1 heterocycles. The number of alkyl halides is 2. The topological polar surface area (TPSA) is 35.6 Å². The largest absolute Gasteiger partial charge is 0.351 e. The zero-order chi connectivity index (χ0) is 28.4. The van der Waals surface area contributed by atoms with Crippen LogP contribution in [0.25, 0.3) is 0 Å². The second kappa shape index (κ2) is 11.9. The minimum absolute atomic E-state index is 0.0181. The zero-order valence-corrected chi connectivity index (χ0v) is 23.9. The van der Waals surface area contributed by atoms with E-state index >= 15 is 0 Å². The summed E-state index contributed by atoms with van der Waals surface area (Å²) in [5.41, 5.74) is 2.68. The molecule has 1 amide bonds. The van der Waals surface area contributed by atoms with E-state index in [-0.39, 0.29) is 60.8 Å². The second-order valence-corrected chi connectivity index (χ2v) is 12.5. The number of nitrogens with one attached hydrogen (secondary N) is 1. The molecule has 2 unspecified atom stereocenters.